The minimum Gasteiger partial charge on any atom is -0.322 e. The van der Waals surface area contributed by atoms with Crippen molar-refractivity contribution in [1.82, 2.24) is 0 Å². The summed E-state index contributed by atoms with van der Waals surface area (Å²) < 4.78 is 79.9. The third kappa shape index (κ3) is 5.01. The number of carbonyl (C=O) groups is 1. The minimum atomic E-state index is -4.04. The van der Waals surface area contributed by atoms with Gasteiger partial charge in [0, 0.05) is 18.5 Å². The van der Waals surface area contributed by atoms with Crippen LogP contribution in [0.5, 0.6) is 0 Å². The number of fused-ring (bicyclic) bond motifs is 1. The molecule has 12 heteroatoms. The lowest BCUT2D eigenvalue weighted by Crippen LogP contribution is -2.35. The number of sulfonamides is 1. The van der Waals surface area contributed by atoms with Crippen LogP contribution in [0.25, 0.3) is 0 Å². The molecular weight excluding hydrogens is 509 g/mol. The van der Waals surface area contributed by atoms with Crippen LogP contribution in [0.2, 0.25) is 0 Å². The first-order valence-electron chi connectivity index (χ1n) is 11.1. The van der Waals surface area contributed by atoms with Crippen molar-refractivity contribution in [2.75, 3.05) is 22.4 Å². The van der Waals surface area contributed by atoms with E-state index in [1.54, 1.807) is 12.1 Å². The zero-order chi connectivity index (χ0) is 26.3. The highest BCUT2D eigenvalue weighted by Crippen LogP contribution is 2.35. The Morgan fingerprint density at radius 2 is 1.69 bits per heavy atom. The molecule has 0 radical (unpaired) electrons. The Kier molecular flexibility index (Phi) is 6.93. The summed E-state index contributed by atoms with van der Waals surface area (Å²) in [5.74, 6) is -1.72. The number of sulfone groups is 1. The number of hydrogen-bond acceptors (Lipinski definition) is 5. The molecule has 3 aromatic rings. The Balaban J connectivity index is 1.68. The van der Waals surface area contributed by atoms with Gasteiger partial charge in [-0.05, 0) is 66.4 Å². The average molecular weight is 532 g/mol. The standard InChI is InChI=1S/C24H23BF2N2O5S2/c1-35(31,32)17-9-11-18(12-10-17)36(33,34)29-13-3-4-15-7-8-16(14-21(15)29)28-24(30)22-19(23(25)27)5-2-6-20(22)26/h2,5-12,14,23H,3-4,13,25H2,1H3,(H,28,30). The second-order valence-corrected chi connectivity index (χ2v) is 12.4. The highest BCUT2D eigenvalue weighted by atomic mass is 32.2. The van der Waals surface area contributed by atoms with Crippen molar-refractivity contribution in [1.29, 1.82) is 0 Å². The molecule has 7 nitrogen and oxygen atoms in total. The van der Waals surface area contributed by atoms with Gasteiger partial charge in [0.1, 0.15) is 5.82 Å². The predicted octanol–water partition coefficient (Wildman–Crippen LogP) is 3.22. The molecule has 1 unspecified atom stereocenters. The summed E-state index contributed by atoms with van der Waals surface area (Å²) in [4.78, 5) is 12.8. The number of hydrogen-bond donors (Lipinski definition) is 1. The molecule has 0 saturated heterocycles. The maximum Gasteiger partial charge on any atom is 0.264 e. The number of carbonyl (C=O) groups excluding carboxylic acids is 1. The Bertz CT molecular complexity index is 1540. The number of amides is 1. The van der Waals surface area contributed by atoms with Crippen LogP contribution in [0.4, 0.5) is 20.2 Å². The number of nitrogens with one attached hydrogen (secondary N) is 1. The predicted molar refractivity (Wildman–Crippen MR) is 136 cm³/mol. The van der Waals surface area contributed by atoms with Crippen LogP contribution < -0.4 is 9.62 Å². The first kappa shape index (κ1) is 25.8. The van der Waals surface area contributed by atoms with Crippen molar-refractivity contribution < 1.29 is 30.4 Å². The molecule has 0 fully saturated rings. The van der Waals surface area contributed by atoms with E-state index in [0.717, 1.165) is 17.9 Å². The van der Waals surface area contributed by atoms with Crippen LogP contribution in [-0.2, 0) is 26.3 Å². The van der Waals surface area contributed by atoms with E-state index in [1.165, 1.54) is 54.6 Å². The monoisotopic (exact) mass is 532 g/mol. The summed E-state index contributed by atoms with van der Waals surface area (Å²) in [5, 5.41) is 2.55. The number of benzene rings is 3. The number of rotatable bonds is 6. The number of anilines is 2. The Hall–Kier alpha value is -3.25. The molecule has 1 aliphatic rings. The molecule has 3 aromatic carbocycles. The SMILES string of the molecule is BC(F)c1cccc(F)c1C(=O)Nc1ccc2c(c1)N(S(=O)(=O)c1ccc(S(C)(=O)=O)cc1)CCC2. The molecule has 0 aromatic heterocycles. The van der Waals surface area contributed by atoms with E-state index >= 15 is 0 Å². The van der Waals surface area contributed by atoms with Gasteiger partial charge >= 0.3 is 0 Å². The second kappa shape index (κ2) is 9.66. The van der Waals surface area contributed by atoms with Gasteiger partial charge in [0.15, 0.2) is 17.7 Å². The number of nitrogens with zero attached hydrogens (tertiary/aromatic N) is 1. The number of alkyl halides is 1. The quantitative estimate of drug-likeness (QED) is 0.492. The van der Waals surface area contributed by atoms with Crippen LogP contribution in [0.15, 0.2) is 70.5 Å². The Morgan fingerprint density at radius 1 is 1.03 bits per heavy atom. The van der Waals surface area contributed by atoms with E-state index in [0.29, 0.717) is 18.5 Å². The molecule has 4 rings (SSSR count). The zero-order valence-electron chi connectivity index (χ0n) is 19.5. The minimum absolute atomic E-state index is 0.000559. The first-order chi connectivity index (χ1) is 16.9. The van der Waals surface area contributed by atoms with Gasteiger partial charge in [-0.15, -0.1) is 0 Å². The van der Waals surface area contributed by atoms with Crippen molar-refractivity contribution in [3.05, 3.63) is 83.2 Å². The third-order valence-corrected chi connectivity index (χ3v) is 8.92. The Labute approximate surface area is 209 Å². The molecule has 1 amide bonds. The molecule has 188 valence electrons. The van der Waals surface area contributed by atoms with Gasteiger partial charge in [-0.1, -0.05) is 18.2 Å². The van der Waals surface area contributed by atoms with E-state index in [9.17, 15) is 30.4 Å². The van der Waals surface area contributed by atoms with Crippen molar-refractivity contribution in [2.45, 2.75) is 28.7 Å². The summed E-state index contributed by atoms with van der Waals surface area (Å²) >= 11 is 0. The van der Waals surface area contributed by atoms with Crippen LogP contribution >= 0.6 is 0 Å². The van der Waals surface area contributed by atoms with Crippen molar-refractivity contribution >= 4 is 45.0 Å². The number of halogens is 2. The third-order valence-electron chi connectivity index (χ3n) is 5.96. The lowest BCUT2D eigenvalue weighted by Gasteiger charge is -2.31. The maximum atomic E-state index is 14.4. The van der Waals surface area contributed by atoms with Crippen LogP contribution in [0.1, 0.15) is 34.0 Å². The maximum absolute atomic E-state index is 14.4. The van der Waals surface area contributed by atoms with Crippen LogP contribution in [0.3, 0.4) is 0 Å². The fraction of sp³-hybridized carbons (Fsp3) is 0.208. The van der Waals surface area contributed by atoms with Crippen molar-refractivity contribution in [2.24, 2.45) is 0 Å². The van der Waals surface area contributed by atoms with E-state index in [2.05, 4.69) is 5.32 Å². The van der Waals surface area contributed by atoms with Gasteiger partial charge in [0.2, 0.25) is 0 Å². The molecule has 1 heterocycles. The topological polar surface area (TPSA) is 101 Å². The fourth-order valence-electron chi connectivity index (χ4n) is 4.16. The molecule has 1 N–H and O–H groups in total. The summed E-state index contributed by atoms with van der Waals surface area (Å²) in [6.45, 7) is 0.178. The summed E-state index contributed by atoms with van der Waals surface area (Å²) in [5.41, 5.74) is 0.792. The van der Waals surface area contributed by atoms with Crippen LogP contribution in [0, 0.1) is 5.82 Å². The molecular formula is C24H23BF2N2O5S2. The van der Waals surface area contributed by atoms with Crippen LogP contribution in [-0.4, -0.2) is 43.4 Å². The second-order valence-electron chi connectivity index (χ2n) is 8.54. The van der Waals surface area contributed by atoms with E-state index in [-0.39, 0.29) is 27.6 Å². The normalized spacial score (nSPS) is 14.7. The molecule has 0 aliphatic carbocycles. The number of aryl methyl sites for hydroxylation is 1. The van der Waals surface area contributed by atoms with Gasteiger partial charge < -0.3 is 5.32 Å². The van der Waals surface area contributed by atoms with Gasteiger partial charge in [0.05, 0.1) is 27.1 Å². The average Bonchev–Trinajstić information content (AvgIpc) is 2.82. The molecule has 0 spiro atoms. The lowest BCUT2D eigenvalue weighted by molar-refractivity contribution is 0.102. The smallest absolute Gasteiger partial charge is 0.264 e. The summed E-state index contributed by atoms with van der Waals surface area (Å²) in [6.07, 6.45) is 0.636. The first-order valence-corrected chi connectivity index (χ1v) is 14.4. The highest BCUT2D eigenvalue weighted by Gasteiger charge is 2.30. The lowest BCUT2D eigenvalue weighted by atomic mass is 9.90. The van der Waals surface area contributed by atoms with Gasteiger partial charge in [-0.2, -0.15) is 0 Å². The molecule has 36 heavy (non-hydrogen) atoms. The fourth-order valence-corrected chi connectivity index (χ4v) is 6.32. The van der Waals surface area contributed by atoms with Crippen molar-refractivity contribution in [3.63, 3.8) is 0 Å². The Morgan fingerprint density at radius 3 is 2.33 bits per heavy atom. The molecule has 0 saturated carbocycles. The summed E-state index contributed by atoms with van der Waals surface area (Å²) in [6, 6.07) is 13.4. The largest absolute Gasteiger partial charge is 0.322 e. The van der Waals surface area contributed by atoms with E-state index in [4.69, 9.17) is 0 Å². The molecule has 1 atom stereocenters. The molecule has 1 aliphatic heterocycles. The van der Waals surface area contributed by atoms with Gasteiger partial charge in [-0.25, -0.2) is 21.2 Å². The highest BCUT2D eigenvalue weighted by molar-refractivity contribution is 7.93. The van der Waals surface area contributed by atoms with Gasteiger partial charge in [0.25, 0.3) is 15.9 Å². The zero-order valence-corrected chi connectivity index (χ0v) is 21.2. The molecule has 0 bridgehead atoms. The van der Waals surface area contributed by atoms with E-state index in [1.807, 2.05) is 0 Å². The summed E-state index contributed by atoms with van der Waals surface area (Å²) in [7, 11) is -6.33. The van der Waals surface area contributed by atoms with Gasteiger partial charge in [-0.3, -0.25) is 13.5 Å². The van der Waals surface area contributed by atoms with Crippen molar-refractivity contribution in [3.8, 4) is 0 Å². The van der Waals surface area contributed by atoms with E-state index < -0.39 is 43.2 Å².